The van der Waals surface area contributed by atoms with Crippen LogP contribution in [0.25, 0.3) is 5.78 Å². The molecule has 2 aromatic heterocycles. The molecule has 0 aliphatic heterocycles. The third kappa shape index (κ3) is 3.63. The second kappa shape index (κ2) is 7.34. The Hall–Kier alpha value is -2.89. The van der Waals surface area contributed by atoms with Crippen LogP contribution in [0.4, 0.5) is 0 Å². The molecule has 0 aliphatic rings. The molecule has 6 nitrogen and oxygen atoms in total. The van der Waals surface area contributed by atoms with Crippen molar-refractivity contribution in [2.24, 2.45) is 0 Å². The van der Waals surface area contributed by atoms with Gasteiger partial charge in [-0.2, -0.15) is 0 Å². The van der Waals surface area contributed by atoms with Gasteiger partial charge in [-0.1, -0.05) is 12.1 Å². The first-order chi connectivity index (χ1) is 12.1. The minimum atomic E-state index is -0.0750. The van der Waals surface area contributed by atoms with Crippen LogP contribution in [0.3, 0.4) is 0 Å². The summed E-state index contributed by atoms with van der Waals surface area (Å²) in [7, 11) is 1.65. The van der Waals surface area contributed by atoms with E-state index in [2.05, 4.69) is 16.9 Å². The number of hydrogen-bond donors (Lipinski definition) is 0. The van der Waals surface area contributed by atoms with Gasteiger partial charge in [-0.15, -0.1) is 0 Å². The van der Waals surface area contributed by atoms with E-state index < -0.39 is 0 Å². The molecule has 0 N–H and O–H groups in total. The highest BCUT2D eigenvalue weighted by Crippen LogP contribution is 2.16. The van der Waals surface area contributed by atoms with Gasteiger partial charge in [-0.05, 0) is 44.0 Å². The number of ether oxygens (including phenoxy) is 1. The second-order valence-electron chi connectivity index (χ2n) is 5.95. The molecule has 0 aliphatic carbocycles. The zero-order valence-corrected chi connectivity index (χ0v) is 14.7. The van der Waals surface area contributed by atoms with Crippen LogP contribution < -0.4 is 4.74 Å². The maximum absolute atomic E-state index is 12.9. The summed E-state index contributed by atoms with van der Waals surface area (Å²) in [6.45, 7) is 4.66. The number of aromatic nitrogens is 3. The zero-order valence-electron chi connectivity index (χ0n) is 14.7. The molecule has 1 aromatic carbocycles. The van der Waals surface area contributed by atoms with E-state index in [1.54, 1.807) is 23.9 Å². The Labute approximate surface area is 147 Å². The minimum Gasteiger partial charge on any atom is -0.497 e. The fourth-order valence-corrected chi connectivity index (χ4v) is 2.95. The summed E-state index contributed by atoms with van der Waals surface area (Å²) in [5, 5.41) is 0. The average molecular weight is 338 g/mol. The molecule has 0 saturated heterocycles. The fraction of sp³-hybridized carbons (Fsp3) is 0.316. The molecular weight excluding hydrogens is 316 g/mol. The summed E-state index contributed by atoms with van der Waals surface area (Å²) in [5.74, 6) is 1.29. The Morgan fingerprint density at radius 3 is 2.72 bits per heavy atom. The Morgan fingerprint density at radius 2 is 2.08 bits per heavy atom. The van der Waals surface area contributed by atoms with Crippen LogP contribution in [0.2, 0.25) is 0 Å². The van der Waals surface area contributed by atoms with E-state index in [-0.39, 0.29) is 11.9 Å². The number of benzene rings is 1. The van der Waals surface area contributed by atoms with Gasteiger partial charge in [0.05, 0.1) is 7.11 Å². The second-order valence-corrected chi connectivity index (χ2v) is 5.95. The summed E-state index contributed by atoms with van der Waals surface area (Å²) in [4.78, 5) is 23.2. The Bertz CT molecular complexity index is 824. The van der Waals surface area contributed by atoms with Crippen molar-refractivity contribution >= 4 is 11.7 Å². The Morgan fingerprint density at radius 1 is 1.32 bits per heavy atom. The third-order valence-electron chi connectivity index (χ3n) is 4.28. The van der Waals surface area contributed by atoms with E-state index in [1.165, 1.54) is 0 Å². The molecule has 3 rings (SSSR count). The molecule has 25 heavy (non-hydrogen) atoms. The van der Waals surface area contributed by atoms with Crippen LogP contribution in [0.15, 0.2) is 48.9 Å². The van der Waals surface area contributed by atoms with Crippen molar-refractivity contribution in [2.45, 2.75) is 26.3 Å². The number of methoxy groups -OCH3 is 1. The lowest BCUT2D eigenvalue weighted by Gasteiger charge is -2.27. The number of amides is 1. The van der Waals surface area contributed by atoms with E-state index in [0.717, 1.165) is 17.7 Å². The Balaban J connectivity index is 1.76. The summed E-state index contributed by atoms with van der Waals surface area (Å²) in [6.07, 6.45) is 6.01. The molecule has 0 saturated carbocycles. The molecule has 0 radical (unpaired) electrons. The molecular formula is C19H22N4O2. The highest BCUT2D eigenvalue weighted by atomic mass is 16.5. The molecule has 2 heterocycles. The van der Waals surface area contributed by atoms with Crippen LogP contribution in [0.5, 0.6) is 5.75 Å². The standard InChI is InChI=1S/C19H22N4O2/c1-4-23(14(2)12-15-6-8-16(25-3)9-7-15)18(24)17-13-22-11-5-10-20-19(22)21-17/h5-11,13-14H,4,12H2,1-3H3. The lowest BCUT2D eigenvalue weighted by molar-refractivity contribution is 0.0698. The predicted octanol–water partition coefficient (Wildman–Crippen LogP) is 2.83. The monoisotopic (exact) mass is 338 g/mol. The highest BCUT2D eigenvalue weighted by Gasteiger charge is 2.22. The van der Waals surface area contributed by atoms with Gasteiger partial charge >= 0.3 is 0 Å². The van der Waals surface area contributed by atoms with Gasteiger partial charge in [-0.3, -0.25) is 9.20 Å². The first-order valence-electron chi connectivity index (χ1n) is 8.36. The molecule has 130 valence electrons. The molecule has 1 unspecified atom stereocenters. The normalized spacial score (nSPS) is 12.1. The maximum Gasteiger partial charge on any atom is 0.274 e. The average Bonchev–Trinajstić information content (AvgIpc) is 3.07. The zero-order chi connectivity index (χ0) is 17.8. The number of likely N-dealkylation sites (N-methyl/N-ethyl adjacent to an activating group) is 1. The van der Waals surface area contributed by atoms with Gasteiger partial charge in [0.2, 0.25) is 5.78 Å². The van der Waals surface area contributed by atoms with Crippen molar-refractivity contribution in [1.29, 1.82) is 0 Å². The molecule has 0 bridgehead atoms. The van der Waals surface area contributed by atoms with Crippen LogP contribution in [0, 0.1) is 0 Å². The summed E-state index contributed by atoms with van der Waals surface area (Å²) in [5.41, 5.74) is 1.58. The maximum atomic E-state index is 12.9. The lowest BCUT2D eigenvalue weighted by atomic mass is 10.1. The van der Waals surface area contributed by atoms with Gasteiger partial charge < -0.3 is 9.64 Å². The van der Waals surface area contributed by atoms with Gasteiger partial charge in [0, 0.05) is 31.2 Å². The highest BCUT2D eigenvalue weighted by molar-refractivity contribution is 5.93. The van der Waals surface area contributed by atoms with E-state index >= 15 is 0 Å². The molecule has 0 fully saturated rings. The molecule has 1 atom stereocenters. The van der Waals surface area contributed by atoms with Crippen molar-refractivity contribution in [2.75, 3.05) is 13.7 Å². The smallest absolute Gasteiger partial charge is 0.274 e. The van der Waals surface area contributed by atoms with Crippen molar-refractivity contribution in [1.82, 2.24) is 19.3 Å². The van der Waals surface area contributed by atoms with Crippen molar-refractivity contribution in [3.63, 3.8) is 0 Å². The van der Waals surface area contributed by atoms with Crippen molar-refractivity contribution in [3.05, 3.63) is 60.2 Å². The quantitative estimate of drug-likeness (QED) is 0.693. The Kier molecular flexibility index (Phi) is 4.97. The molecule has 0 spiro atoms. The largest absolute Gasteiger partial charge is 0.497 e. The van der Waals surface area contributed by atoms with E-state index in [4.69, 9.17) is 4.74 Å². The first kappa shape index (κ1) is 17.0. The van der Waals surface area contributed by atoms with Gasteiger partial charge in [0.1, 0.15) is 11.4 Å². The summed E-state index contributed by atoms with van der Waals surface area (Å²) in [6, 6.07) is 9.81. The number of nitrogens with zero attached hydrogens (tertiary/aromatic N) is 4. The van der Waals surface area contributed by atoms with Gasteiger partial charge in [0.25, 0.3) is 5.91 Å². The first-order valence-corrected chi connectivity index (χ1v) is 8.36. The molecule has 1 amide bonds. The lowest BCUT2D eigenvalue weighted by Crippen LogP contribution is -2.39. The third-order valence-corrected chi connectivity index (χ3v) is 4.28. The fourth-order valence-electron chi connectivity index (χ4n) is 2.95. The van der Waals surface area contributed by atoms with E-state index in [9.17, 15) is 4.79 Å². The van der Waals surface area contributed by atoms with Crippen LogP contribution in [0.1, 0.15) is 29.9 Å². The van der Waals surface area contributed by atoms with E-state index in [1.807, 2.05) is 48.4 Å². The number of rotatable bonds is 6. The van der Waals surface area contributed by atoms with Crippen molar-refractivity contribution < 1.29 is 9.53 Å². The number of hydrogen-bond acceptors (Lipinski definition) is 4. The van der Waals surface area contributed by atoms with E-state index in [0.29, 0.717) is 18.0 Å². The number of carbonyl (C=O) groups is 1. The van der Waals surface area contributed by atoms with Gasteiger partial charge in [0.15, 0.2) is 0 Å². The van der Waals surface area contributed by atoms with Gasteiger partial charge in [-0.25, -0.2) is 9.97 Å². The van der Waals surface area contributed by atoms with Crippen LogP contribution in [-0.4, -0.2) is 44.9 Å². The SMILES string of the molecule is CCN(C(=O)c1cn2cccnc2n1)C(C)Cc1ccc(OC)cc1. The minimum absolute atomic E-state index is 0.0590. The molecule has 3 aromatic rings. The van der Waals surface area contributed by atoms with Crippen LogP contribution in [-0.2, 0) is 6.42 Å². The molecule has 6 heteroatoms. The number of imidazole rings is 1. The topological polar surface area (TPSA) is 59.7 Å². The number of fused-ring (bicyclic) bond motifs is 1. The summed E-state index contributed by atoms with van der Waals surface area (Å²) < 4.78 is 6.95. The number of carbonyl (C=O) groups excluding carboxylic acids is 1. The summed E-state index contributed by atoms with van der Waals surface area (Å²) >= 11 is 0. The predicted molar refractivity (Wildman–Crippen MR) is 95.9 cm³/mol. The van der Waals surface area contributed by atoms with Crippen molar-refractivity contribution in [3.8, 4) is 5.75 Å². The van der Waals surface area contributed by atoms with Crippen LogP contribution >= 0.6 is 0 Å².